The Bertz CT molecular complexity index is 526. The van der Waals surface area contributed by atoms with Crippen molar-refractivity contribution >= 4 is 21.7 Å². The van der Waals surface area contributed by atoms with Crippen LogP contribution in [0.25, 0.3) is 0 Å². The van der Waals surface area contributed by atoms with Crippen LogP contribution in [0, 0.1) is 0 Å². The Kier molecular flexibility index (Phi) is 6.41. The van der Waals surface area contributed by atoms with Gasteiger partial charge in [-0.1, -0.05) is 0 Å². The number of carbonyl (C=O) groups is 2. The molecule has 0 radical (unpaired) electrons. The second-order valence-corrected chi connectivity index (χ2v) is 8.57. The van der Waals surface area contributed by atoms with Gasteiger partial charge in [0.2, 0.25) is 5.91 Å². The van der Waals surface area contributed by atoms with Gasteiger partial charge in [0.15, 0.2) is 9.84 Å². The summed E-state index contributed by atoms with van der Waals surface area (Å²) < 4.78 is 29.0. The summed E-state index contributed by atoms with van der Waals surface area (Å²) in [6, 6.07) is -0.267. The fourth-order valence-electron chi connectivity index (χ4n) is 3.18. The highest BCUT2D eigenvalue weighted by Gasteiger charge is 2.36. The van der Waals surface area contributed by atoms with E-state index in [2.05, 4.69) is 0 Å². The predicted molar refractivity (Wildman–Crippen MR) is 83.8 cm³/mol. The van der Waals surface area contributed by atoms with E-state index in [-0.39, 0.29) is 42.4 Å². The van der Waals surface area contributed by atoms with Crippen LogP contribution in [-0.2, 0) is 24.2 Å². The average Bonchev–Trinajstić information content (AvgIpc) is 3.09. The first-order valence-electron chi connectivity index (χ1n) is 8.21. The molecule has 2 fully saturated rings. The zero-order valence-electron chi connectivity index (χ0n) is 13.3. The number of unbranched alkanes of at least 4 members (excludes halogenated alkanes) is 1. The summed E-state index contributed by atoms with van der Waals surface area (Å²) in [7, 11) is -3.06. The predicted octanol–water partition coefficient (Wildman–Crippen LogP) is 0.826. The summed E-state index contributed by atoms with van der Waals surface area (Å²) >= 11 is 0. The third-order valence-electron chi connectivity index (χ3n) is 4.43. The van der Waals surface area contributed by atoms with Crippen LogP contribution < -0.4 is 0 Å². The van der Waals surface area contributed by atoms with Crippen molar-refractivity contribution < 1.29 is 27.9 Å². The first kappa shape index (κ1) is 18.2. The third-order valence-corrected chi connectivity index (χ3v) is 6.18. The summed E-state index contributed by atoms with van der Waals surface area (Å²) in [6.45, 7) is 1.13. The monoisotopic (exact) mass is 347 g/mol. The third kappa shape index (κ3) is 5.76. The van der Waals surface area contributed by atoms with Gasteiger partial charge in [0.1, 0.15) is 0 Å². The second-order valence-electron chi connectivity index (χ2n) is 6.34. The Morgan fingerprint density at radius 1 is 1.17 bits per heavy atom. The van der Waals surface area contributed by atoms with Crippen LogP contribution in [-0.4, -0.2) is 67.1 Å². The minimum absolute atomic E-state index is 0.0127. The fraction of sp³-hybridized carbons (Fsp3) is 0.867. The largest absolute Gasteiger partial charge is 0.481 e. The molecule has 1 N–H and O–H groups in total. The highest BCUT2D eigenvalue weighted by molar-refractivity contribution is 7.91. The minimum Gasteiger partial charge on any atom is -0.481 e. The molecule has 2 aliphatic rings. The number of amides is 1. The van der Waals surface area contributed by atoms with Crippen LogP contribution >= 0.6 is 0 Å². The van der Waals surface area contributed by atoms with E-state index in [9.17, 15) is 18.0 Å². The summed E-state index contributed by atoms with van der Waals surface area (Å²) in [4.78, 5) is 24.7. The van der Waals surface area contributed by atoms with E-state index >= 15 is 0 Å². The van der Waals surface area contributed by atoms with E-state index in [4.69, 9.17) is 9.84 Å². The maximum absolute atomic E-state index is 12.5. The zero-order chi connectivity index (χ0) is 16.9. The Morgan fingerprint density at radius 3 is 2.48 bits per heavy atom. The van der Waals surface area contributed by atoms with Gasteiger partial charge >= 0.3 is 5.97 Å². The molecule has 2 heterocycles. The van der Waals surface area contributed by atoms with E-state index in [0.29, 0.717) is 32.4 Å². The molecule has 7 nitrogen and oxygen atoms in total. The standard InChI is InChI=1S/C15H25NO6S/c17-14(5-1-2-6-15(18)19)16(10-13-4-3-8-22-13)12-7-9-23(20,21)11-12/h12-13H,1-11H2,(H,18,19). The van der Waals surface area contributed by atoms with Gasteiger partial charge in [0.05, 0.1) is 17.6 Å². The molecular formula is C15H25NO6S. The molecule has 132 valence electrons. The molecule has 2 atom stereocenters. The van der Waals surface area contributed by atoms with E-state index in [0.717, 1.165) is 12.8 Å². The van der Waals surface area contributed by atoms with Gasteiger partial charge < -0.3 is 14.7 Å². The number of carboxylic acid groups (broad SMARTS) is 1. The Labute approximate surface area is 136 Å². The van der Waals surface area contributed by atoms with Crippen LogP contribution in [0.1, 0.15) is 44.9 Å². The van der Waals surface area contributed by atoms with Gasteiger partial charge in [-0.15, -0.1) is 0 Å². The van der Waals surface area contributed by atoms with Gasteiger partial charge in [-0.2, -0.15) is 0 Å². The van der Waals surface area contributed by atoms with Gasteiger partial charge in [-0.3, -0.25) is 9.59 Å². The fourth-order valence-corrected chi connectivity index (χ4v) is 4.91. The van der Waals surface area contributed by atoms with Gasteiger partial charge in [-0.25, -0.2) is 8.42 Å². The number of hydrogen-bond donors (Lipinski definition) is 1. The molecule has 23 heavy (non-hydrogen) atoms. The van der Waals surface area contributed by atoms with Crippen molar-refractivity contribution in [1.82, 2.24) is 4.90 Å². The first-order valence-corrected chi connectivity index (χ1v) is 10.0. The van der Waals surface area contributed by atoms with E-state index in [1.165, 1.54) is 0 Å². The first-order chi connectivity index (χ1) is 10.9. The lowest BCUT2D eigenvalue weighted by Crippen LogP contribution is -2.45. The van der Waals surface area contributed by atoms with Crippen LogP contribution in [0.4, 0.5) is 0 Å². The molecule has 0 aliphatic carbocycles. The molecule has 0 bridgehead atoms. The number of aliphatic carboxylic acids is 1. The number of carboxylic acids is 1. The lowest BCUT2D eigenvalue weighted by molar-refractivity contribution is -0.138. The van der Waals surface area contributed by atoms with Gasteiger partial charge in [-0.05, 0) is 32.1 Å². The summed E-state index contributed by atoms with van der Waals surface area (Å²) in [5, 5.41) is 8.63. The van der Waals surface area contributed by atoms with Crippen molar-refractivity contribution in [3.05, 3.63) is 0 Å². The maximum Gasteiger partial charge on any atom is 0.303 e. The van der Waals surface area contributed by atoms with Crippen LogP contribution in [0.2, 0.25) is 0 Å². The molecule has 1 amide bonds. The van der Waals surface area contributed by atoms with Crippen LogP contribution in [0.5, 0.6) is 0 Å². The maximum atomic E-state index is 12.5. The molecule has 8 heteroatoms. The summed E-state index contributed by atoms with van der Waals surface area (Å²) in [5.41, 5.74) is 0. The Morgan fingerprint density at radius 2 is 1.91 bits per heavy atom. The number of nitrogens with zero attached hydrogens (tertiary/aromatic N) is 1. The number of carbonyl (C=O) groups excluding carboxylic acids is 1. The summed E-state index contributed by atoms with van der Waals surface area (Å²) in [5.74, 6) is -0.796. The summed E-state index contributed by atoms with van der Waals surface area (Å²) in [6.07, 6.45) is 3.60. The smallest absolute Gasteiger partial charge is 0.303 e. The average molecular weight is 347 g/mol. The van der Waals surface area contributed by atoms with Crippen molar-refractivity contribution in [3.63, 3.8) is 0 Å². The second kappa shape index (κ2) is 8.10. The Balaban J connectivity index is 1.92. The number of hydrogen-bond acceptors (Lipinski definition) is 5. The highest BCUT2D eigenvalue weighted by atomic mass is 32.2. The minimum atomic E-state index is -3.06. The van der Waals surface area contributed by atoms with Crippen molar-refractivity contribution in [3.8, 4) is 0 Å². The van der Waals surface area contributed by atoms with E-state index < -0.39 is 15.8 Å². The molecule has 0 aromatic carbocycles. The highest BCUT2D eigenvalue weighted by Crippen LogP contribution is 2.22. The van der Waals surface area contributed by atoms with Gasteiger partial charge in [0, 0.05) is 32.0 Å². The van der Waals surface area contributed by atoms with Crippen molar-refractivity contribution in [1.29, 1.82) is 0 Å². The van der Waals surface area contributed by atoms with Crippen LogP contribution in [0.15, 0.2) is 0 Å². The van der Waals surface area contributed by atoms with Crippen molar-refractivity contribution in [2.75, 3.05) is 24.7 Å². The van der Waals surface area contributed by atoms with E-state index in [1.54, 1.807) is 4.90 Å². The molecular weight excluding hydrogens is 322 g/mol. The molecule has 2 aliphatic heterocycles. The number of sulfone groups is 1. The molecule has 0 aromatic rings. The van der Waals surface area contributed by atoms with Crippen LogP contribution in [0.3, 0.4) is 0 Å². The molecule has 2 rings (SSSR count). The van der Waals surface area contributed by atoms with Gasteiger partial charge in [0.25, 0.3) is 0 Å². The van der Waals surface area contributed by atoms with E-state index in [1.807, 2.05) is 0 Å². The molecule has 0 spiro atoms. The SMILES string of the molecule is O=C(O)CCCCC(=O)N(CC1CCCO1)C1CCS(=O)(=O)C1. The number of rotatable bonds is 8. The lowest BCUT2D eigenvalue weighted by atomic mass is 10.1. The number of ether oxygens (including phenoxy) is 1. The molecule has 0 saturated carbocycles. The normalized spacial score (nSPS) is 26.3. The van der Waals surface area contributed by atoms with Crippen molar-refractivity contribution in [2.24, 2.45) is 0 Å². The molecule has 2 unspecified atom stereocenters. The topological polar surface area (TPSA) is 101 Å². The molecule has 0 aromatic heterocycles. The van der Waals surface area contributed by atoms with Crippen molar-refractivity contribution in [2.45, 2.75) is 57.1 Å². The zero-order valence-corrected chi connectivity index (χ0v) is 14.1. The Hall–Kier alpha value is -1.15. The quantitative estimate of drug-likeness (QED) is 0.653. The molecule has 2 saturated heterocycles. The lowest BCUT2D eigenvalue weighted by Gasteiger charge is -2.30.